The summed E-state index contributed by atoms with van der Waals surface area (Å²) < 4.78 is 13.4. The molecule has 0 spiro atoms. The number of nitrogens with zero attached hydrogens (tertiary/aromatic N) is 1. The van der Waals surface area contributed by atoms with Crippen LogP contribution in [0.3, 0.4) is 0 Å². The first-order valence-electron chi connectivity index (χ1n) is 20.7. The van der Waals surface area contributed by atoms with Gasteiger partial charge in [-0.25, -0.2) is 0 Å². The van der Waals surface area contributed by atoms with Crippen LogP contribution < -0.4 is 9.64 Å². The van der Waals surface area contributed by atoms with Crippen molar-refractivity contribution in [3.63, 3.8) is 0 Å². The molecule has 284 valence electrons. The number of ether oxygens (including phenoxy) is 1. The fraction of sp³-hybridized carbons (Fsp3) is 0.0526. The molecule has 0 amide bonds. The van der Waals surface area contributed by atoms with Gasteiger partial charge in [-0.1, -0.05) is 153 Å². The highest BCUT2D eigenvalue weighted by atomic mass is 16.5. The van der Waals surface area contributed by atoms with Gasteiger partial charge in [-0.05, 0) is 111 Å². The van der Waals surface area contributed by atoms with Crippen molar-refractivity contribution in [1.82, 2.24) is 0 Å². The van der Waals surface area contributed by atoms with Gasteiger partial charge in [-0.15, -0.1) is 0 Å². The summed E-state index contributed by atoms with van der Waals surface area (Å²) >= 11 is 0. The molecule has 3 heteroatoms. The molecule has 2 heterocycles. The van der Waals surface area contributed by atoms with Gasteiger partial charge in [-0.2, -0.15) is 0 Å². The lowest BCUT2D eigenvalue weighted by molar-refractivity contribution is 0.488. The van der Waals surface area contributed by atoms with Crippen LogP contribution in [0.1, 0.15) is 25.0 Å². The van der Waals surface area contributed by atoms with Crippen molar-refractivity contribution in [2.24, 2.45) is 0 Å². The van der Waals surface area contributed by atoms with Crippen molar-refractivity contribution < 1.29 is 9.15 Å². The maximum atomic E-state index is 6.91. The minimum absolute atomic E-state index is 0.145. The maximum absolute atomic E-state index is 6.91. The van der Waals surface area contributed by atoms with Gasteiger partial charge in [0.2, 0.25) is 0 Å². The van der Waals surface area contributed by atoms with Gasteiger partial charge in [-0.3, -0.25) is 0 Å². The summed E-state index contributed by atoms with van der Waals surface area (Å²) in [6, 6.07) is 71.8. The van der Waals surface area contributed by atoms with Gasteiger partial charge in [0, 0.05) is 49.9 Å². The Bertz CT molecular complexity index is 3320. The van der Waals surface area contributed by atoms with Crippen LogP contribution in [0.15, 0.2) is 205 Å². The standard InChI is InChI=1S/C57H39NO2/c1-57(2)51-21-10-8-17-45(51)46-31-28-41(35-52(46)57)58(39-26-23-37(24-27-39)42-19-12-20-49-47-18-9-11-22-53(47)60-56(42)49)40-29-32-54-50(34-40)44-16-7-6-15-43(44)48-30-25-38(33-55(48)59-54)36-13-4-3-5-14-36/h3-35H,1-2H3. The van der Waals surface area contributed by atoms with Crippen molar-refractivity contribution in [2.75, 3.05) is 4.90 Å². The average Bonchev–Trinajstić information content (AvgIpc) is 3.74. The van der Waals surface area contributed by atoms with Crippen molar-refractivity contribution in [3.8, 4) is 67.1 Å². The van der Waals surface area contributed by atoms with E-state index in [0.29, 0.717) is 0 Å². The van der Waals surface area contributed by atoms with E-state index in [2.05, 4.69) is 207 Å². The van der Waals surface area contributed by atoms with E-state index in [1.165, 1.54) is 22.3 Å². The first kappa shape index (κ1) is 34.4. The Morgan fingerprint density at radius 3 is 1.83 bits per heavy atom. The Kier molecular flexibility index (Phi) is 7.58. The number of rotatable bonds is 5. The predicted octanol–water partition coefficient (Wildman–Crippen LogP) is 16.1. The third-order valence-electron chi connectivity index (χ3n) is 12.7. The summed E-state index contributed by atoms with van der Waals surface area (Å²) in [6.45, 7) is 4.69. The Labute approximate surface area is 349 Å². The molecule has 0 fully saturated rings. The van der Waals surface area contributed by atoms with Gasteiger partial charge in [0.25, 0.3) is 0 Å². The molecule has 0 atom stereocenters. The van der Waals surface area contributed by atoms with Crippen molar-refractivity contribution in [3.05, 3.63) is 211 Å². The van der Waals surface area contributed by atoms with Gasteiger partial charge in [0.1, 0.15) is 22.7 Å². The molecule has 0 saturated heterocycles. The highest BCUT2D eigenvalue weighted by Gasteiger charge is 2.36. The van der Waals surface area contributed by atoms with E-state index in [0.717, 1.165) is 95.0 Å². The maximum Gasteiger partial charge on any atom is 0.143 e. The second kappa shape index (κ2) is 13.2. The molecule has 10 aromatic rings. The monoisotopic (exact) mass is 769 g/mol. The number of anilines is 3. The van der Waals surface area contributed by atoms with E-state index >= 15 is 0 Å². The Morgan fingerprint density at radius 2 is 0.983 bits per heavy atom. The first-order valence-corrected chi connectivity index (χ1v) is 20.7. The highest BCUT2D eigenvalue weighted by Crippen LogP contribution is 2.53. The molecule has 0 radical (unpaired) electrons. The minimum Gasteiger partial charge on any atom is -0.456 e. The van der Waals surface area contributed by atoms with E-state index in [4.69, 9.17) is 9.15 Å². The summed E-state index contributed by atoms with van der Waals surface area (Å²) in [5.74, 6) is 1.68. The number of para-hydroxylation sites is 2. The fourth-order valence-electron chi connectivity index (χ4n) is 9.71. The highest BCUT2D eigenvalue weighted by molar-refractivity contribution is 6.09. The third-order valence-corrected chi connectivity index (χ3v) is 12.7. The SMILES string of the molecule is CC1(C)c2ccccc2-c2ccc(N(c3ccc(-c4cccc5c4oc4ccccc45)cc3)c3ccc4c(c3)-c3ccccc3-c3ccc(-c5ccccc5)cc3O4)cc21. The Balaban J connectivity index is 1.01. The molecular formula is C57H39NO2. The summed E-state index contributed by atoms with van der Waals surface area (Å²) in [4.78, 5) is 2.39. The lowest BCUT2D eigenvalue weighted by Gasteiger charge is -2.29. The number of benzene rings is 9. The zero-order chi connectivity index (χ0) is 40.0. The molecule has 1 aliphatic carbocycles. The molecule has 0 saturated carbocycles. The van der Waals surface area contributed by atoms with E-state index in [9.17, 15) is 0 Å². The number of fused-ring (bicyclic) bond motifs is 11. The van der Waals surface area contributed by atoms with Crippen LogP contribution in [0.2, 0.25) is 0 Å². The van der Waals surface area contributed by atoms with Gasteiger partial charge >= 0.3 is 0 Å². The number of hydrogen-bond acceptors (Lipinski definition) is 3. The molecular weight excluding hydrogens is 731 g/mol. The smallest absolute Gasteiger partial charge is 0.143 e. The molecule has 2 aliphatic rings. The van der Waals surface area contributed by atoms with E-state index in [1.54, 1.807) is 0 Å². The van der Waals surface area contributed by atoms with E-state index in [-0.39, 0.29) is 5.41 Å². The molecule has 0 unspecified atom stereocenters. The largest absolute Gasteiger partial charge is 0.456 e. The van der Waals surface area contributed by atoms with E-state index < -0.39 is 0 Å². The average molecular weight is 770 g/mol. The Hall–Kier alpha value is -7.62. The van der Waals surface area contributed by atoms with Crippen LogP contribution in [0.25, 0.3) is 77.6 Å². The minimum atomic E-state index is -0.145. The summed E-state index contributed by atoms with van der Waals surface area (Å²) in [5, 5.41) is 2.26. The molecule has 3 nitrogen and oxygen atoms in total. The van der Waals surface area contributed by atoms with Crippen LogP contribution in [0.4, 0.5) is 17.1 Å². The zero-order valence-corrected chi connectivity index (χ0v) is 33.3. The third kappa shape index (κ3) is 5.29. The molecule has 1 aromatic heterocycles. The van der Waals surface area contributed by atoms with Gasteiger partial charge in [0.05, 0.1) is 0 Å². The summed E-state index contributed by atoms with van der Waals surface area (Å²) in [7, 11) is 0. The molecule has 1 aliphatic heterocycles. The normalized spacial score (nSPS) is 13.1. The van der Waals surface area contributed by atoms with E-state index in [1.807, 2.05) is 12.1 Å². The zero-order valence-electron chi connectivity index (χ0n) is 33.3. The number of hydrogen-bond donors (Lipinski definition) is 0. The van der Waals surface area contributed by atoms with Crippen molar-refractivity contribution in [2.45, 2.75) is 19.3 Å². The quantitative estimate of drug-likeness (QED) is 0.174. The summed E-state index contributed by atoms with van der Waals surface area (Å²) in [6.07, 6.45) is 0. The lowest BCUT2D eigenvalue weighted by Crippen LogP contribution is -2.16. The molecule has 60 heavy (non-hydrogen) atoms. The van der Waals surface area contributed by atoms with Crippen LogP contribution in [0, 0.1) is 0 Å². The molecule has 9 aromatic carbocycles. The molecule has 12 rings (SSSR count). The predicted molar refractivity (Wildman–Crippen MR) is 248 cm³/mol. The van der Waals surface area contributed by atoms with Crippen molar-refractivity contribution in [1.29, 1.82) is 0 Å². The molecule has 0 bridgehead atoms. The van der Waals surface area contributed by atoms with Crippen LogP contribution in [-0.2, 0) is 5.41 Å². The van der Waals surface area contributed by atoms with Gasteiger partial charge in [0.15, 0.2) is 0 Å². The van der Waals surface area contributed by atoms with Crippen molar-refractivity contribution >= 4 is 39.0 Å². The van der Waals surface area contributed by atoms with Crippen LogP contribution in [0.5, 0.6) is 11.5 Å². The molecule has 0 N–H and O–H groups in total. The van der Waals surface area contributed by atoms with Gasteiger partial charge < -0.3 is 14.1 Å². The van der Waals surface area contributed by atoms with Crippen LogP contribution in [-0.4, -0.2) is 0 Å². The lowest BCUT2D eigenvalue weighted by atomic mass is 9.82. The number of furan rings is 1. The Morgan fingerprint density at radius 1 is 0.367 bits per heavy atom. The first-order chi connectivity index (χ1) is 29.5. The van der Waals surface area contributed by atoms with Crippen LogP contribution >= 0.6 is 0 Å². The topological polar surface area (TPSA) is 25.6 Å². The summed E-state index contributed by atoms with van der Waals surface area (Å²) in [5.41, 5.74) is 19.0. The second-order valence-electron chi connectivity index (χ2n) is 16.5. The second-order valence-corrected chi connectivity index (χ2v) is 16.5. The fourth-order valence-corrected chi connectivity index (χ4v) is 9.71.